The van der Waals surface area contributed by atoms with Crippen LogP contribution in [0.4, 0.5) is 5.13 Å². The molecule has 2 aromatic heterocycles. The Kier molecular flexibility index (Phi) is 5.63. The van der Waals surface area contributed by atoms with Gasteiger partial charge in [-0.25, -0.2) is 23.4 Å². The lowest BCUT2D eigenvalue weighted by molar-refractivity contribution is 0.100. The molecule has 9 nitrogen and oxygen atoms in total. The maximum atomic E-state index is 13.0. The maximum absolute atomic E-state index is 13.0. The van der Waals surface area contributed by atoms with E-state index in [1.807, 2.05) is 0 Å². The van der Waals surface area contributed by atoms with Gasteiger partial charge >= 0.3 is 0 Å². The van der Waals surface area contributed by atoms with Crippen molar-refractivity contribution >= 4 is 59.9 Å². The number of thiazole rings is 1. The van der Waals surface area contributed by atoms with Crippen LogP contribution in [0.25, 0.3) is 21.6 Å². The first-order valence-electron chi connectivity index (χ1n) is 8.96. The molecule has 0 aliphatic carbocycles. The van der Waals surface area contributed by atoms with Crippen LogP contribution in [-0.4, -0.2) is 41.4 Å². The Morgan fingerprint density at radius 3 is 2.44 bits per heavy atom. The van der Waals surface area contributed by atoms with E-state index in [-0.39, 0.29) is 32.0 Å². The van der Waals surface area contributed by atoms with Gasteiger partial charge < -0.3 is 5.73 Å². The number of nitrogens with one attached hydrogen (secondary N) is 1. The molecule has 3 N–H and O–H groups in total. The molecule has 12 heteroatoms. The van der Waals surface area contributed by atoms with Crippen molar-refractivity contribution in [3.8, 4) is 11.4 Å². The number of nitrogens with zero attached hydrogens (tertiary/aromatic N) is 3. The molecule has 0 saturated heterocycles. The number of amides is 2. The summed E-state index contributed by atoms with van der Waals surface area (Å²) in [5, 5.41) is 2.75. The summed E-state index contributed by atoms with van der Waals surface area (Å²) in [5.74, 6) is -1.15. The Morgan fingerprint density at radius 2 is 1.78 bits per heavy atom. The van der Waals surface area contributed by atoms with E-state index in [2.05, 4.69) is 20.3 Å². The predicted octanol–water partition coefficient (Wildman–Crippen LogP) is 3.16. The molecule has 0 bridgehead atoms. The molecule has 2 aromatic carbocycles. The molecule has 2 amide bonds. The monoisotopic (exact) mass is 487 g/mol. The van der Waals surface area contributed by atoms with E-state index in [1.165, 1.54) is 36.7 Å². The van der Waals surface area contributed by atoms with Gasteiger partial charge in [-0.2, -0.15) is 0 Å². The molecule has 4 rings (SSSR count). The number of benzene rings is 2. The highest BCUT2D eigenvalue weighted by atomic mass is 35.5. The lowest BCUT2D eigenvalue weighted by atomic mass is 10.0. The number of carbonyl (C=O) groups excluding carboxylic acids is 2. The van der Waals surface area contributed by atoms with Crippen molar-refractivity contribution in [3.05, 3.63) is 64.9 Å². The molecule has 0 saturated carbocycles. The highest BCUT2D eigenvalue weighted by molar-refractivity contribution is 7.90. The highest BCUT2D eigenvalue weighted by Gasteiger charge is 2.21. The number of fused-ring (bicyclic) bond motifs is 1. The smallest absolute Gasteiger partial charge is 0.259 e. The molecular formula is C20H14ClN5O4S2. The summed E-state index contributed by atoms with van der Waals surface area (Å²) >= 11 is 7.39. The Morgan fingerprint density at radius 1 is 1.09 bits per heavy atom. The lowest BCUT2D eigenvalue weighted by Gasteiger charge is -2.10. The predicted molar refractivity (Wildman–Crippen MR) is 122 cm³/mol. The number of hydrogen-bond acceptors (Lipinski definition) is 8. The van der Waals surface area contributed by atoms with Gasteiger partial charge in [0, 0.05) is 24.2 Å². The fraction of sp³-hybridized carbons (Fsp3) is 0.0500. The van der Waals surface area contributed by atoms with Crippen LogP contribution < -0.4 is 11.1 Å². The molecule has 0 radical (unpaired) electrons. The average Bonchev–Trinajstić information content (AvgIpc) is 3.15. The van der Waals surface area contributed by atoms with Gasteiger partial charge in [0.1, 0.15) is 0 Å². The van der Waals surface area contributed by atoms with Gasteiger partial charge in [-0.3, -0.25) is 14.9 Å². The molecule has 162 valence electrons. The van der Waals surface area contributed by atoms with Crippen molar-refractivity contribution < 1.29 is 18.0 Å². The summed E-state index contributed by atoms with van der Waals surface area (Å²) < 4.78 is 24.1. The Bertz CT molecular complexity index is 1490. The van der Waals surface area contributed by atoms with Crippen molar-refractivity contribution in [2.45, 2.75) is 4.90 Å². The number of hydrogen-bond donors (Lipinski definition) is 2. The largest absolute Gasteiger partial charge is 0.366 e. The van der Waals surface area contributed by atoms with Crippen LogP contribution in [0.3, 0.4) is 0 Å². The van der Waals surface area contributed by atoms with Crippen LogP contribution in [0.2, 0.25) is 5.02 Å². The summed E-state index contributed by atoms with van der Waals surface area (Å²) in [6, 6.07) is 9.00. The summed E-state index contributed by atoms with van der Waals surface area (Å²) in [6.45, 7) is 0. The molecule has 0 unspecified atom stereocenters. The summed E-state index contributed by atoms with van der Waals surface area (Å²) in [6.07, 6.45) is 4.15. The highest BCUT2D eigenvalue weighted by Crippen LogP contribution is 2.31. The zero-order valence-electron chi connectivity index (χ0n) is 16.4. The lowest BCUT2D eigenvalue weighted by Crippen LogP contribution is -2.17. The topological polar surface area (TPSA) is 145 Å². The fourth-order valence-electron chi connectivity index (χ4n) is 2.90. The number of rotatable bonds is 5. The molecule has 4 aromatic rings. The van der Waals surface area contributed by atoms with Crippen molar-refractivity contribution in [1.82, 2.24) is 15.0 Å². The quantitative estimate of drug-likeness (QED) is 0.439. The van der Waals surface area contributed by atoms with Crippen LogP contribution in [-0.2, 0) is 9.84 Å². The van der Waals surface area contributed by atoms with Crippen molar-refractivity contribution in [2.75, 3.05) is 11.6 Å². The molecule has 0 aliphatic heterocycles. The summed E-state index contributed by atoms with van der Waals surface area (Å²) in [4.78, 5) is 37.5. The van der Waals surface area contributed by atoms with Crippen LogP contribution in [0.1, 0.15) is 20.7 Å². The van der Waals surface area contributed by atoms with E-state index < -0.39 is 21.7 Å². The number of carbonyl (C=O) groups is 2. The standard InChI is InChI=1S/C20H14ClN5O4S2/c1-32(29,30)11-3-4-14-15(9-11)31-20(25-14)26-19(28)13-8-10(18-23-5-2-6-24-18)7-12(16(13)21)17(22)27/h2-9H,1H3,(H2,22,27)(H,25,26,28). The van der Waals surface area contributed by atoms with E-state index in [0.29, 0.717) is 15.8 Å². The van der Waals surface area contributed by atoms with Crippen molar-refractivity contribution in [2.24, 2.45) is 5.73 Å². The fourth-order valence-corrected chi connectivity index (χ4v) is 4.81. The van der Waals surface area contributed by atoms with E-state index in [9.17, 15) is 18.0 Å². The number of halogens is 1. The SMILES string of the molecule is CS(=O)(=O)c1ccc2nc(NC(=O)c3cc(-c4ncccn4)cc(C(N)=O)c3Cl)sc2c1. The van der Waals surface area contributed by atoms with E-state index in [4.69, 9.17) is 17.3 Å². The molecule has 0 aliphatic rings. The van der Waals surface area contributed by atoms with Gasteiger partial charge in [-0.15, -0.1) is 0 Å². The molecule has 0 spiro atoms. The number of aromatic nitrogens is 3. The van der Waals surface area contributed by atoms with Gasteiger partial charge in [-0.1, -0.05) is 22.9 Å². The average molecular weight is 488 g/mol. The van der Waals surface area contributed by atoms with Crippen LogP contribution >= 0.6 is 22.9 Å². The summed E-state index contributed by atoms with van der Waals surface area (Å²) in [5.41, 5.74) is 6.27. The molecule has 0 atom stereocenters. The molecular weight excluding hydrogens is 474 g/mol. The van der Waals surface area contributed by atoms with Gasteiger partial charge in [0.2, 0.25) is 5.91 Å². The van der Waals surface area contributed by atoms with Gasteiger partial charge in [0.25, 0.3) is 5.91 Å². The third kappa shape index (κ3) is 4.31. The third-order valence-corrected chi connectivity index (χ3v) is 6.87. The minimum atomic E-state index is -3.38. The van der Waals surface area contributed by atoms with Crippen molar-refractivity contribution in [3.63, 3.8) is 0 Å². The van der Waals surface area contributed by atoms with Gasteiger partial charge in [-0.05, 0) is 36.4 Å². The number of anilines is 1. The van der Waals surface area contributed by atoms with Crippen LogP contribution in [0, 0.1) is 0 Å². The number of primary amides is 1. The van der Waals surface area contributed by atoms with Gasteiger partial charge in [0.15, 0.2) is 20.8 Å². The van der Waals surface area contributed by atoms with Crippen LogP contribution in [0.15, 0.2) is 53.7 Å². The Balaban J connectivity index is 1.73. The van der Waals surface area contributed by atoms with Gasteiger partial charge in [0.05, 0.1) is 31.3 Å². The zero-order chi connectivity index (χ0) is 23.0. The van der Waals surface area contributed by atoms with Crippen molar-refractivity contribution in [1.29, 1.82) is 0 Å². The molecule has 32 heavy (non-hydrogen) atoms. The molecule has 2 heterocycles. The summed E-state index contributed by atoms with van der Waals surface area (Å²) in [7, 11) is -3.38. The Labute approximate surface area is 191 Å². The minimum absolute atomic E-state index is 0.0125. The first-order chi connectivity index (χ1) is 15.1. The second-order valence-corrected chi connectivity index (χ2v) is 10.1. The maximum Gasteiger partial charge on any atom is 0.259 e. The number of nitrogens with two attached hydrogens (primary N) is 1. The van der Waals surface area contributed by atoms with Crippen LogP contribution in [0.5, 0.6) is 0 Å². The first kappa shape index (κ1) is 21.8. The second-order valence-electron chi connectivity index (χ2n) is 6.70. The normalized spacial score (nSPS) is 11.4. The van der Waals surface area contributed by atoms with E-state index >= 15 is 0 Å². The second kappa shape index (κ2) is 8.26. The van der Waals surface area contributed by atoms with E-state index in [0.717, 1.165) is 17.6 Å². The first-order valence-corrected chi connectivity index (χ1v) is 12.0. The third-order valence-electron chi connectivity index (χ3n) is 4.42. The van der Waals surface area contributed by atoms with E-state index in [1.54, 1.807) is 12.1 Å². The Hall–Kier alpha value is -3.41. The zero-order valence-corrected chi connectivity index (χ0v) is 18.8. The minimum Gasteiger partial charge on any atom is -0.366 e. The molecule has 0 fully saturated rings. The number of sulfone groups is 1.